The van der Waals surface area contributed by atoms with E-state index in [0.29, 0.717) is 0 Å². The van der Waals surface area contributed by atoms with E-state index in [1.54, 1.807) is 0 Å². The summed E-state index contributed by atoms with van der Waals surface area (Å²) in [6, 6.07) is 3.95. The molecule has 104 valence electrons. The molecule has 0 unspecified atom stereocenters. The molecule has 1 aromatic heterocycles. The number of aromatic nitrogens is 1. The van der Waals surface area contributed by atoms with Crippen LogP contribution in [-0.2, 0) is 0 Å². The Labute approximate surface area is 116 Å². The van der Waals surface area contributed by atoms with Crippen LogP contribution in [0.3, 0.4) is 0 Å². The summed E-state index contributed by atoms with van der Waals surface area (Å²) in [5.74, 6) is 0. The normalized spacial score (nSPS) is 17.4. The molecule has 0 saturated heterocycles. The molecular weight excluding hydrogens is 234 g/mol. The third kappa shape index (κ3) is 3.90. The SMILES string of the molecule is CC(C)(C)CC[C@H](O)c1cccnc1C1=CCCC1. The molecule has 1 aliphatic carbocycles. The molecule has 19 heavy (non-hydrogen) atoms. The Hall–Kier alpha value is -1.15. The zero-order valence-electron chi connectivity index (χ0n) is 12.3. The van der Waals surface area contributed by atoms with Gasteiger partial charge in [0.15, 0.2) is 0 Å². The Balaban J connectivity index is 2.15. The Kier molecular flexibility index (Phi) is 4.41. The Morgan fingerprint density at radius 1 is 1.37 bits per heavy atom. The number of allylic oxidation sites excluding steroid dienone is 2. The lowest BCUT2D eigenvalue weighted by Gasteiger charge is -2.21. The third-order valence-corrected chi connectivity index (χ3v) is 3.71. The van der Waals surface area contributed by atoms with Crippen LogP contribution in [0.5, 0.6) is 0 Å². The van der Waals surface area contributed by atoms with Gasteiger partial charge in [0.25, 0.3) is 0 Å². The average Bonchev–Trinajstić information content (AvgIpc) is 2.89. The van der Waals surface area contributed by atoms with Gasteiger partial charge in [0.05, 0.1) is 11.8 Å². The van der Waals surface area contributed by atoms with Gasteiger partial charge in [0.1, 0.15) is 0 Å². The second-order valence-electron chi connectivity index (χ2n) is 6.68. The van der Waals surface area contributed by atoms with Gasteiger partial charge in [-0.05, 0) is 49.2 Å². The number of rotatable bonds is 4. The Morgan fingerprint density at radius 2 is 2.16 bits per heavy atom. The van der Waals surface area contributed by atoms with Crippen molar-refractivity contribution >= 4 is 5.57 Å². The van der Waals surface area contributed by atoms with Crippen LogP contribution in [0.25, 0.3) is 5.57 Å². The van der Waals surface area contributed by atoms with Gasteiger partial charge in [-0.25, -0.2) is 0 Å². The Bertz CT molecular complexity index is 457. The summed E-state index contributed by atoms with van der Waals surface area (Å²) in [7, 11) is 0. The molecule has 0 radical (unpaired) electrons. The van der Waals surface area contributed by atoms with E-state index in [4.69, 9.17) is 0 Å². The van der Waals surface area contributed by atoms with Crippen molar-refractivity contribution in [3.63, 3.8) is 0 Å². The monoisotopic (exact) mass is 259 g/mol. The van der Waals surface area contributed by atoms with E-state index in [9.17, 15) is 5.11 Å². The highest BCUT2D eigenvalue weighted by atomic mass is 16.3. The largest absolute Gasteiger partial charge is 0.388 e. The summed E-state index contributed by atoms with van der Waals surface area (Å²) >= 11 is 0. The lowest BCUT2D eigenvalue weighted by molar-refractivity contribution is 0.147. The van der Waals surface area contributed by atoms with Crippen LogP contribution >= 0.6 is 0 Å². The van der Waals surface area contributed by atoms with Crippen molar-refractivity contribution in [1.82, 2.24) is 4.98 Å². The first kappa shape index (κ1) is 14.3. The van der Waals surface area contributed by atoms with Gasteiger partial charge in [-0.2, -0.15) is 0 Å². The van der Waals surface area contributed by atoms with Crippen molar-refractivity contribution in [2.75, 3.05) is 0 Å². The van der Waals surface area contributed by atoms with Crippen molar-refractivity contribution in [1.29, 1.82) is 0 Å². The molecule has 0 amide bonds. The van der Waals surface area contributed by atoms with Gasteiger partial charge in [0, 0.05) is 11.8 Å². The molecule has 0 fully saturated rings. The minimum atomic E-state index is -0.399. The topological polar surface area (TPSA) is 33.1 Å². The van der Waals surface area contributed by atoms with Gasteiger partial charge in [-0.1, -0.05) is 32.9 Å². The predicted octanol–water partition coefficient (Wildman–Crippen LogP) is 4.51. The molecular formula is C17H25NO. The summed E-state index contributed by atoms with van der Waals surface area (Å²) in [5, 5.41) is 10.5. The highest BCUT2D eigenvalue weighted by Gasteiger charge is 2.20. The molecule has 1 N–H and O–H groups in total. The summed E-state index contributed by atoms with van der Waals surface area (Å²) in [5.41, 5.74) is 3.59. The number of aliphatic hydroxyl groups excluding tert-OH is 1. The maximum Gasteiger partial charge on any atom is 0.0811 e. The molecule has 1 aromatic rings. The predicted molar refractivity (Wildman–Crippen MR) is 79.7 cm³/mol. The Morgan fingerprint density at radius 3 is 2.79 bits per heavy atom. The first-order valence-electron chi connectivity index (χ1n) is 7.30. The van der Waals surface area contributed by atoms with Crippen LogP contribution in [0, 0.1) is 5.41 Å². The second-order valence-corrected chi connectivity index (χ2v) is 6.68. The highest BCUT2D eigenvalue weighted by molar-refractivity contribution is 5.67. The molecule has 1 atom stereocenters. The van der Waals surface area contributed by atoms with Crippen molar-refractivity contribution in [3.8, 4) is 0 Å². The van der Waals surface area contributed by atoms with E-state index in [1.165, 1.54) is 12.0 Å². The quantitative estimate of drug-likeness (QED) is 0.863. The van der Waals surface area contributed by atoms with E-state index in [2.05, 4.69) is 31.8 Å². The van der Waals surface area contributed by atoms with Crippen LogP contribution < -0.4 is 0 Å². The van der Waals surface area contributed by atoms with Crippen LogP contribution in [0.2, 0.25) is 0 Å². The van der Waals surface area contributed by atoms with E-state index in [1.807, 2.05) is 18.3 Å². The van der Waals surface area contributed by atoms with Gasteiger partial charge in [-0.3, -0.25) is 4.98 Å². The molecule has 2 heteroatoms. The standard InChI is InChI=1S/C17H25NO/c1-17(2,3)11-10-15(19)14-9-6-12-18-16(14)13-7-4-5-8-13/h6-7,9,12,15,19H,4-5,8,10-11H2,1-3H3/t15-/m0/s1. The van der Waals surface area contributed by atoms with E-state index in [0.717, 1.165) is 36.9 Å². The van der Waals surface area contributed by atoms with Crippen LogP contribution in [0.1, 0.15) is 70.2 Å². The van der Waals surface area contributed by atoms with E-state index >= 15 is 0 Å². The van der Waals surface area contributed by atoms with Crippen molar-refractivity contribution in [2.45, 2.75) is 59.0 Å². The maximum absolute atomic E-state index is 10.5. The smallest absolute Gasteiger partial charge is 0.0811 e. The lowest BCUT2D eigenvalue weighted by Crippen LogP contribution is -2.10. The van der Waals surface area contributed by atoms with Crippen LogP contribution in [0.4, 0.5) is 0 Å². The molecule has 0 aromatic carbocycles. The zero-order valence-corrected chi connectivity index (χ0v) is 12.3. The van der Waals surface area contributed by atoms with E-state index in [-0.39, 0.29) is 5.41 Å². The first-order valence-corrected chi connectivity index (χ1v) is 7.30. The minimum Gasteiger partial charge on any atom is -0.388 e. The zero-order chi connectivity index (χ0) is 13.9. The van der Waals surface area contributed by atoms with Crippen molar-refractivity contribution < 1.29 is 5.11 Å². The molecule has 0 bridgehead atoms. The highest BCUT2D eigenvalue weighted by Crippen LogP contribution is 2.33. The summed E-state index contributed by atoms with van der Waals surface area (Å²) in [4.78, 5) is 4.50. The van der Waals surface area contributed by atoms with Crippen molar-refractivity contribution in [3.05, 3.63) is 35.7 Å². The fraction of sp³-hybridized carbons (Fsp3) is 0.588. The summed E-state index contributed by atoms with van der Waals surface area (Å²) in [6.07, 6.45) is 8.96. The number of hydrogen-bond acceptors (Lipinski definition) is 2. The molecule has 1 heterocycles. The number of nitrogens with zero attached hydrogens (tertiary/aromatic N) is 1. The molecule has 0 spiro atoms. The number of aliphatic hydroxyl groups is 1. The third-order valence-electron chi connectivity index (χ3n) is 3.71. The molecule has 1 aliphatic rings. The van der Waals surface area contributed by atoms with Crippen LogP contribution in [-0.4, -0.2) is 10.1 Å². The van der Waals surface area contributed by atoms with Crippen LogP contribution in [0.15, 0.2) is 24.4 Å². The van der Waals surface area contributed by atoms with Gasteiger partial charge in [0.2, 0.25) is 0 Å². The number of hydrogen-bond donors (Lipinski definition) is 1. The van der Waals surface area contributed by atoms with Gasteiger partial charge >= 0.3 is 0 Å². The second kappa shape index (κ2) is 5.87. The molecule has 2 nitrogen and oxygen atoms in total. The van der Waals surface area contributed by atoms with Crippen molar-refractivity contribution in [2.24, 2.45) is 5.41 Å². The van der Waals surface area contributed by atoms with Gasteiger partial charge < -0.3 is 5.11 Å². The maximum atomic E-state index is 10.5. The molecule has 2 rings (SSSR count). The molecule has 0 saturated carbocycles. The number of pyridine rings is 1. The minimum absolute atomic E-state index is 0.260. The van der Waals surface area contributed by atoms with E-state index < -0.39 is 6.10 Å². The summed E-state index contributed by atoms with van der Waals surface area (Å²) in [6.45, 7) is 6.64. The lowest BCUT2D eigenvalue weighted by atomic mass is 9.87. The van der Waals surface area contributed by atoms with Gasteiger partial charge in [-0.15, -0.1) is 0 Å². The fourth-order valence-corrected chi connectivity index (χ4v) is 2.57. The fourth-order valence-electron chi connectivity index (χ4n) is 2.57. The average molecular weight is 259 g/mol. The molecule has 0 aliphatic heterocycles. The first-order chi connectivity index (χ1) is 8.97. The summed E-state index contributed by atoms with van der Waals surface area (Å²) < 4.78 is 0.